The Morgan fingerprint density at radius 2 is 2.09 bits per heavy atom. The van der Waals surface area contributed by atoms with Gasteiger partial charge in [-0.1, -0.05) is 6.92 Å². The molecule has 0 aromatic carbocycles. The van der Waals surface area contributed by atoms with Crippen molar-refractivity contribution in [2.75, 3.05) is 32.3 Å². The Balaban J connectivity index is 1.92. The number of pyridine rings is 1. The molecule has 1 saturated heterocycles. The fourth-order valence-electron chi connectivity index (χ4n) is 4.02. The Kier molecular flexibility index (Phi) is 7.08. The molecule has 4 heterocycles. The minimum atomic E-state index is -0.588. The summed E-state index contributed by atoms with van der Waals surface area (Å²) >= 11 is 0. The van der Waals surface area contributed by atoms with Crippen LogP contribution in [0.3, 0.4) is 0 Å². The van der Waals surface area contributed by atoms with E-state index in [1.165, 1.54) is 25.3 Å². The quantitative estimate of drug-likeness (QED) is 0.514. The van der Waals surface area contributed by atoms with Crippen molar-refractivity contribution >= 4 is 28.8 Å². The molecule has 12 heteroatoms. The molecule has 0 saturated carbocycles. The number of hydrogen-bond donors (Lipinski definition) is 1. The van der Waals surface area contributed by atoms with E-state index in [0.29, 0.717) is 41.9 Å². The van der Waals surface area contributed by atoms with Gasteiger partial charge >= 0.3 is 12.0 Å². The van der Waals surface area contributed by atoms with Crippen LogP contribution < -0.4 is 4.90 Å². The largest absolute Gasteiger partial charge is 0.449 e. The Morgan fingerprint density at radius 3 is 2.76 bits per heavy atom. The van der Waals surface area contributed by atoms with Gasteiger partial charge in [-0.2, -0.15) is 15.4 Å². The third-order valence-corrected chi connectivity index (χ3v) is 5.81. The van der Waals surface area contributed by atoms with Crippen molar-refractivity contribution < 1.29 is 28.3 Å². The van der Waals surface area contributed by atoms with Crippen LogP contribution in [0, 0.1) is 0 Å². The van der Waals surface area contributed by atoms with Crippen LogP contribution in [-0.4, -0.2) is 77.0 Å². The van der Waals surface area contributed by atoms with Gasteiger partial charge in [-0.25, -0.2) is 14.8 Å². The molecule has 34 heavy (non-hydrogen) atoms. The van der Waals surface area contributed by atoms with Crippen LogP contribution in [0.4, 0.5) is 10.5 Å². The summed E-state index contributed by atoms with van der Waals surface area (Å²) in [6.07, 6.45) is 2.87. The van der Waals surface area contributed by atoms with Crippen LogP contribution in [-0.2, 0) is 14.3 Å². The number of hydroxylamine groups is 2. The van der Waals surface area contributed by atoms with E-state index >= 15 is 0 Å². The number of anilines is 1. The maximum atomic E-state index is 13.3. The number of ether oxygens (including phenoxy) is 2. The lowest BCUT2D eigenvalue weighted by atomic mass is 9.99. The standard InChI is InChI=1S/C22H28N6O6/c1-5-14-11-13(9-10-33-14)28(22(30)32-6-2)19-18-17(34-20(19)21(29)27(3)31-4)8-7-15(24-18)16-12-23-26-25-16/h7-8,12-14H,5-6,9-11H2,1-4H3,(H,23,25,26)/t13-,14-/m0/s1. The van der Waals surface area contributed by atoms with Crippen molar-refractivity contribution in [3.8, 4) is 11.4 Å². The Hall–Kier alpha value is -3.51. The zero-order valence-electron chi connectivity index (χ0n) is 19.6. The van der Waals surface area contributed by atoms with Crippen LogP contribution >= 0.6 is 0 Å². The molecule has 1 N–H and O–H groups in total. The van der Waals surface area contributed by atoms with Crippen LogP contribution in [0.25, 0.3) is 22.5 Å². The number of fused-ring (bicyclic) bond motifs is 1. The van der Waals surface area contributed by atoms with Gasteiger partial charge in [-0.3, -0.25) is 14.5 Å². The number of nitrogens with zero attached hydrogens (tertiary/aromatic N) is 5. The highest BCUT2D eigenvalue weighted by Crippen LogP contribution is 2.38. The SMILES string of the molecule is CCOC(=O)N(c1c(C(=O)N(C)OC)oc2ccc(-c3cn[nH]n3)nc12)[C@H]1CCO[C@@H](CC)C1. The summed E-state index contributed by atoms with van der Waals surface area (Å²) in [6.45, 7) is 4.41. The fourth-order valence-corrected chi connectivity index (χ4v) is 4.02. The summed E-state index contributed by atoms with van der Waals surface area (Å²) < 4.78 is 17.2. The summed E-state index contributed by atoms with van der Waals surface area (Å²) in [7, 11) is 2.83. The van der Waals surface area contributed by atoms with Crippen LogP contribution in [0.1, 0.15) is 43.7 Å². The minimum absolute atomic E-state index is 0.0201. The number of furan rings is 1. The average Bonchev–Trinajstić information content (AvgIpc) is 3.52. The smallest absolute Gasteiger partial charge is 0.414 e. The lowest BCUT2D eigenvalue weighted by molar-refractivity contribution is -0.0772. The zero-order valence-corrected chi connectivity index (χ0v) is 19.6. The Morgan fingerprint density at radius 1 is 1.26 bits per heavy atom. The van der Waals surface area contributed by atoms with E-state index < -0.39 is 12.0 Å². The third-order valence-electron chi connectivity index (χ3n) is 5.81. The monoisotopic (exact) mass is 472 g/mol. The second-order valence-electron chi connectivity index (χ2n) is 7.81. The highest BCUT2D eigenvalue weighted by molar-refractivity contribution is 6.09. The first-order valence-electron chi connectivity index (χ1n) is 11.2. The van der Waals surface area contributed by atoms with Gasteiger partial charge in [0, 0.05) is 19.7 Å². The molecular formula is C22H28N6O6. The second kappa shape index (κ2) is 10.2. The normalized spacial score (nSPS) is 18.1. The van der Waals surface area contributed by atoms with E-state index in [-0.39, 0.29) is 30.2 Å². The molecule has 2 amide bonds. The van der Waals surface area contributed by atoms with Crippen LogP contribution in [0.15, 0.2) is 22.7 Å². The lowest BCUT2D eigenvalue weighted by Crippen LogP contribution is -2.47. The molecule has 1 fully saturated rings. The molecule has 1 aliphatic rings. The predicted octanol–water partition coefficient (Wildman–Crippen LogP) is 3.17. The first-order chi connectivity index (χ1) is 16.5. The number of carbonyl (C=O) groups excluding carboxylic acids is 2. The molecule has 0 unspecified atom stereocenters. The summed E-state index contributed by atoms with van der Waals surface area (Å²) in [4.78, 5) is 37.8. The number of hydrogen-bond acceptors (Lipinski definition) is 9. The van der Waals surface area contributed by atoms with E-state index in [1.54, 1.807) is 19.1 Å². The van der Waals surface area contributed by atoms with Crippen LogP contribution in [0.2, 0.25) is 0 Å². The lowest BCUT2D eigenvalue weighted by Gasteiger charge is -2.36. The number of aromatic amines is 1. The first-order valence-corrected chi connectivity index (χ1v) is 11.2. The van der Waals surface area contributed by atoms with E-state index in [2.05, 4.69) is 15.4 Å². The van der Waals surface area contributed by atoms with Crippen molar-refractivity contribution in [3.05, 3.63) is 24.1 Å². The molecule has 12 nitrogen and oxygen atoms in total. The van der Waals surface area contributed by atoms with E-state index in [0.717, 1.165) is 11.5 Å². The minimum Gasteiger partial charge on any atom is -0.449 e. The number of nitrogens with one attached hydrogen (secondary N) is 1. The molecule has 2 atom stereocenters. The number of aromatic nitrogens is 4. The molecule has 0 spiro atoms. The van der Waals surface area contributed by atoms with Crippen molar-refractivity contribution in [1.82, 2.24) is 25.5 Å². The summed E-state index contributed by atoms with van der Waals surface area (Å²) in [5, 5.41) is 11.5. The number of H-pyrrole nitrogens is 1. The first kappa shape index (κ1) is 23.6. The van der Waals surface area contributed by atoms with Gasteiger partial charge in [-0.05, 0) is 38.3 Å². The van der Waals surface area contributed by atoms with E-state index in [9.17, 15) is 9.59 Å². The van der Waals surface area contributed by atoms with E-state index in [1.807, 2.05) is 6.92 Å². The van der Waals surface area contributed by atoms with Crippen molar-refractivity contribution in [1.29, 1.82) is 0 Å². The van der Waals surface area contributed by atoms with Gasteiger partial charge in [0.15, 0.2) is 5.58 Å². The molecule has 0 radical (unpaired) electrons. The van der Waals surface area contributed by atoms with Crippen molar-refractivity contribution in [2.45, 2.75) is 45.3 Å². The summed E-state index contributed by atoms with van der Waals surface area (Å²) in [5.41, 5.74) is 1.92. The zero-order chi connectivity index (χ0) is 24.2. The fraction of sp³-hybridized carbons (Fsp3) is 0.500. The highest BCUT2D eigenvalue weighted by atomic mass is 16.7. The van der Waals surface area contributed by atoms with Gasteiger partial charge in [0.2, 0.25) is 5.76 Å². The third kappa shape index (κ3) is 4.46. The topological polar surface area (TPSA) is 136 Å². The Labute approximate surface area is 196 Å². The van der Waals surface area contributed by atoms with Gasteiger partial charge in [-0.15, -0.1) is 0 Å². The average molecular weight is 473 g/mol. The predicted molar refractivity (Wildman–Crippen MR) is 121 cm³/mol. The van der Waals surface area contributed by atoms with Gasteiger partial charge in [0.1, 0.15) is 16.9 Å². The van der Waals surface area contributed by atoms with Crippen molar-refractivity contribution in [2.24, 2.45) is 0 Å². The van der Waals surface area contributed by atoms with Crippen molar-refractivity contribution in [3.63, 3.8) is 0 Å². The molecule has 0 aliphatic carbocycles. The summed E-state index contributed by atoms with van der Waals surface area (Å²) in [6, 6.07) is 3.11. The maximum absolute atomic E-state index is 13.3. The summed E-state index contributed by atoms with van der Waals surface area (Å²) in [5.74, 6) is -0.636. The van der Waals surface area contributed by atoms with Gasteiger partial charge in [0.25, 0.3) is 0 Å². The van der Waals surface area contributed by atoms with Crippen LogP contribution in [0.5, 0.6) is 0 Å². The van der Waals surface area contributed by atoms with E-state index in [4.69, 9.17) is 23.7 Å². The molecular weight excluding hydrogens is 444 g/mol. The maximum Gasteiger partial charge on any atom is 0.414 e. The number of carbonyl (C=O) groups is 2. The van der Waals surface area contributed by atoms with Gasteiger partial charge in [0.05, 0.1) is 31.7 Å². The molecule has 0 bridgehead atoms. The number of amides is 2. The molecule has 1 aliphatic heterocycles. The Bertz CT molecular complexity index is 1150. The number of rotatable bonds is 7. The second-order valence-corrected chi connectivity index (χ2v) is 7.81. The van der Waals surface area contributed by atoms with Gasteiger partial charge < -0.3 is 13.9 Å². The highest BCUT2D eigenvalue weighted by Gasteiger charge is 2.38. The molecule has 182 valence electrons. The molecule has 4 rings (SSSR count). The molecule has 3 aromatic heterocycles. The molecule has 3 aromatic rings.